The van der Waals surface area contributed by atoms with Gasteiger partial charge in [0.15, 0.2) is 5.82 Å². The van der Waals surface area contributed by atoms with Crippen molar-refractivity contribution in [1.82, 2.24) is 30.0 Å². The first-order valence-electron chi connectivity index (χ1n) is 9.36. The summed E-state index contributed by atoms with van der Waals surface area (Å²) in [6.45, 7) is 5.49. The maximum Gasteiger partial charge on any atom is 0.259 e. The summed E-state index contributed by atoms with van der Waals surface area (Å²) in [5.74, 6) is 0.956. The number of nitrogens with zero attached hydrogens (tertiary/aromatic N) is 6. The second-order valence-electron chi connectivity index (χ2n) is 6.77. The van der Waals surface area contributed by atoms with E-state index in [1.807, 2.05) is 44.2 Å². The zero-order valence-electron chi connectivity index (χ0n) is 17.1. The Morgan fingerprint density at radius 3 is 2.47 bits per heavy atom. The molecule has 0 fully saturated rings. The molecule has 2 aromatic heterocycles. The van der Waals surface area contributed by atoms with Gasteiger partial charge >= 0.3 is 0 Å². The molecular formula is C21H21N7O2. The molecule has 0 aliphatic rings. The van der Waals surface area contributed by atoms with Crippen molar-refractivity contribution < 1.29 is 9.53 Å². The average molecular weight is 403 g/mol. The molecule has 0 saturated carbocycles. The van der Waals surface area contributed by atoms with Crippen LogP contribution in [0, 0.1) is 20.8 Å². The minimum Gasteiger partial charge on any atom is -0.494 e. The lowest BCUT2D eigenvalue weighted by molar-refractivity contribution is 0.102. The Labute approximate surface area is 173 Å². The predicted molar refractivity (Wildman–Crippen MR) is 111 cm³/mol. The van der Waals surface area contributed by atoms with Gasteiger partial charge in [0.05, 0.1) is 29.7 Å². The molecule has 4 rings (SSSR count). The standard InChI is InChI=1S/C21H21N7O2/c1-13-20(14(2)27(24-13)17-8-6-5-7-9-17)21(29)22-16-10-11-19(30-4)18(12-16)28-15(3)23-25-26-28/h5-12H,1-4H3,(H,22,29). The van der Waals surface area contributed by atoms with Gasteiger partial charge in [-0.15, -0.1) is 5.10 Å². The van der Waals surface area contributed by atoms with Crippen LogP contribution in [-0.4, -0.2) is 43.0 Å². The van der Waals surface area contributed by atoms with Crippen molar-refractivity contribution in [2.75, 3.05) is 12.4 Å². The fourth-order valence-electron chi connectivity index (χ4n) is 3.37. The first-order valence-corrected chi connectivity index (χ1v) is 9.36. The maximum absolute atomic E-state index is 13.1. The van der Waals surface area contributed by atoms with E-state index in [0.717, 1.165) is 11.4 Å². The molecule has 4 aromatic rings. The Bertz CT molecular complexity index is 1210. The first-order chi connectivity index (χ1) is 14.5. The molecule has 0 aliphatic carbocycles. The number of carbonyl (C=O) groups excluding carboxylic acids is 1. The number of benzene rings is 2. The fourth-order valence-corrected chi connectivity index (χ4v) is 3.37. The number of tetrazole rings is 1. The lowest BCUT2D eigenvalue weighted by Gasteiger charge is -2.12. The fraction of sp³-hybridized carbons (Fsp3) is 0.190. The van der Waals surface area contributed by atoms with Crippen LogP contribution < -0.4 is 10.1 Å². The second kappa shape index (κ2) is 7.78. The average Bonchev–Trinajstić information content (AvgIpc) is 3.30. The van der Waals surface area contributed by atoms with Crippen molar-refractivity contribution in [3.8, 4) is 17.1 Å². The van der Waals surface area contributed by atoms with Gasteiger partial charge in [0, 0.05) is 5.69 Å². The van der Waals surface area contributed by atoms with Crippen LogP contribution in [0.5, 0.6) is 5.75 Å². The van der Waals surface area contributed by atoms with E-state index in [2.05, 4.69) is 25.9 Å². The number of hydrogen-bond donors (Lipinski definition) is 1. The van der Waals surface area contributed by atoms with Gasteiger partial charge in [-0.25, -0.2) is 4.68 Å². The second-order valence-corrected chi connectivity index (χ2v) is 6.77. The third-order valence-electron chi connectivity index (χ3n) is 4.81. The van der Waals surface area contributed by atoms with Crippen LogP contribution in [0.3, 0.4) is 0 Å². The molecule has 0 atom stereocenters. The highest BCUT2D eigenvalue weighted by Crippen LogP contribution is 2.27. The number of carbonyl (C=O) groups is 1. The first kappa shape index (κ1) is 19.3. The maximum atomic E-state index is 13.1. The number of anilines is 1. The number of hydrogen-bond acceptors (Lipinski definition) is 6. The van der Waals surface area contributed by atoms with E-state index in [1.165, 1.54) is 0 Å². The molecule has 152 valence electrons. The summed E-state index contributed by atoms with van der Waals surface area (Å²) in [6.07, 6.45) is 0. The largest absolute Gasteiger partial charge is 0.494 e. The number of amides is 1. The summed E-state index contributed by atoms with van der Waals surface area (Å²) in [6, 6.07) is 15.0. The Hall–Kier alpha value is -4.01. The lowest BCUT2D eigenvalue weighted by Crippen LogP contribution is -2.15. The van der Waals surface area contributed by atoms with Crippen LogP contribution in [0.2, 0.25) is 0 Å². The molecular weight excluding hydrogens is 382 g/mol. The number of ether oxygens (including phenoxy) is 1. The zero-order valence-corrected chi connectivity index (χ0v) is 17.1. The summed E-state index contributed by atoms with van der Waals surface area (Å²) >= 11 is 0. The minimum atomic E-state index is -0.239. The number of rotatable bonds is 5. The summed E-state index contributed by atoms with van der Waals surface area (Å²) in [5.41, 5.74) is 4.08. The molecule has 0 saturated heterocycles. The molecule has 0 unspecified atom stereocenters. The van der Waals surface area contributed by atoms with E-state index in [4.69, 9.17) is 4.74 Å². The number of aromatic nitrogens is 6. The Morgan fingerprint density at radius 1 is 1.03 bits per heavy atom. The van der Waals surface area contributed by atoms with Gasteiger partial charge in [0.2, 0.25) is 0 Å². The third-order valence-corrected chi connectivity index (χ3v) is 4.81. The van der Waals surface area contributed by atoms with Crippen LogP contribution in [-0.2, 0) is 0 Å². The van der Waals surface area contributed by atoms with Gasteiger partial charge in [-0.2, -0.15) is 9.78 Å². The topological polar surface area (TPSA) is 99.8 Å². The van der Waals surface area contributed by atoms with E-state index >= 15 is 0 Å². The minimum absolute atomic E-state index is 0.239. The molecule has 2 heterocycles. The van der Waals surface area contributed by atoms with Crippen LogP contribution in [0.1, 0.15) is 27.6 Å². The van der Waals surface area contributed by atoms with Crippen molar-refractivity contribution in [2.45, 2.75) is 20.8 Å². The molecule has 0 radical (unpaired) electrons. The van der Waals surface area contributed by atoms with Crippen molar-refractivity contribution in [1.29, 1.82) is 0 Å². The molecule has 9 heteroatoms. The van der Waals surface area contributed by atoms with Gasteiger partial charge in [-0.1, -0.05) is 18.2 Å². The van der Waals surface area contributed by atoms with Gasteiger partial charge < -0.3 is 10.1 Å². The van der Waals surface area contributed by atoms with Crippen molar-refractivity contribution in [2.24, 2.45) is 0 Å². The number of aryl methyl sites for hydroxylation is 2. The van der Waals surface area contributed by atoms with E-state index in [0.29, 0.717) is 34.2 Å². The highest BCUT2D eigenvalue weighted by molar-refractivity contribution is 6.06. The Balaban J connectivity index is 1.67. The predicted octanol–water partition coefficient (Wildman–Crippen LogP) is 3.03. The molecule has 0 aliphatic heterocycles. The molecule has 9 nitrogen and oxygen atoms in total. The third kappa shape index (κ3) is 3.41. The molecule has 1 N–H and O–H groups in total. The number of methoxy groups -OCH3 is 1. The highest BCUT2D eigenvalue weighted by Gasteiger charge is 2.20. The van der Waals surface area contributed by atoms with E-state index in [1.54, 1.807) is 41.6 Å². The molecule has 30 heavy (non-hydrogen) atoms. The molecule has 2 aromatic carbocycles. The van der Waals surface area contributed by atoms with Crippen molar-refractivity contribution in [3.05, 3.63) is 71.3 Å². The summed E-state index contributed by atoms with van der Waals surface area (Å²) < 4.78 is 8.74. The highest BCUT2D eigenvalue weighted by atomic mass is 16.5. The van der Waals surface area contributed by atoms with Crippen molar-refractivity contribution >= 4 is 11.6 Å². The number of nitrogens with one attached hydrogen (secondary N) is 1. The SMILES string of the molecule is COc1ccc(NC(=O)c2c(C)nn(-c3ccccc3)c2C)cc1-n1nnnc1C. The molecule has 0 spiro atoms. The number of para-hydroxylation sites is 1. The Morgan fingerprint density at radius 2 is 1.80 bits per heavy atom. The molecule has 1 amide bonds. The summed E-state index contributed by atoms with van der Waals surface area (Å²) in [4.78, 5) is 13.1. The normalized spacial score (nSPS) is 10.8. The summed E-state index contributed by atoms with van der Waals surface area (Å²) in [7, 11) is 1.57. The van der Waals surface area contributed by atoms with Crippen LogP contribution in [0.25, 0.3) is 11.4 Å². The van der Waals surface area contributed by atoms with E-state index < -0.39 is 0 Å². The van der Waals surface area contributed by atoms with Gasteiger partial charge in [0.25, 0.3) is 5.91 Å². The van der Waals surface area contributed by atoms with E-state index in [9.17, 15) is 4.79 Å². The zero-order chi connectivity index (χ0) is 21.3. The van der Waals surface area contributed by atoms with Crippen molar-refractivity contribution in [3.63, 3.8) is 0 Å². The van der Waals surface area contributed by atoms with Crippen LogP contribution in [0.15, 0.2) is 48.5 Å². The lowest BCUT2D eigenvalue weighted by atomic mass is 10.1. The van der Waals surface area contributed by atoms with Gasteiger partial charge in [-0.05, 0) is 61.5 Å². The quantitative estimate of drug-likeness (QED) is 0.550. The van der Waals surface area contributed by atoms with E-state index in [-0.39, 0.29) is 5.91 Å². The van der Waals surface area contributed by atoms with Gasteiger partial charge in [-0.3, -0.25) is 4.79 Å². The van der Waals surface area contributed by atoms with Gasteiger partial charge in [0.1, 0.15) is 11.4 Å². The van der Waals surface area contributed by atoms with Crippen LogP contribution >= 0.6 is 0 Å². The molecule has 0 bridgehead atoms. The Kier molecular flexibility index (Phi) is 5.01. The monoisotopic (exact) mass is 403 g/mol. The summed E-state index contributed by atoms with van der Waals surface area (Å²) in [5, 5.41) is 19.1. The van der Waals surface area contributed by atoms with Crippen LogP contribution in [0.4, 0.5) is 5.69 Å². The smallest absolute Gasteiger partial charge is 0.259 e.